The number of nitrogens with two attached hydrogens (primary N) is 1. The first-order valence-corrected chi connectivity index (χ1v) is 6.17. The van der Waals surface area contributed by atoms with Crippen molar-refractivity contribution in [2.24, 2.45) is 5.73 Å². The number of pyridine rings is 1. The molecule has 0 aliphatic carbocycles. The highest BCUT2D eigenvalue weighted by molar-refractivity contribution is 6.31. The van der Waals surface area contributed by atoms with E-state index in [1.807, 2.05) is 24.3 Å². The van der Waals surface area contributed by atoms with E-state index in [4.69, 9.17) is 33.7 Å². The normalized spacial score (nSPS) is 10.4. The molecule has 0 atom stereocenters. The molecule has 3 nitrogen and oxygen atoms in total. The van der Waals surface area contributed by atoms with Crippen LogP contribution in [0.1, 0.15) is 11.1 Å². The van der Waals surface area contributed by atoms with Crippen molar-refractivity contribution in [2.75, 3.05) is 0 Å². The van der Waals surface area contributed by atoms with E-state index in [-0.39, 0.29) is 0 Å². The summed E-state index contributed by atoms with van der Waals surface area (Å²) in [7, 11) is 0. The Kier molecular flexibility index (Phi) is 4.42. The van der Waals surface area contributed by atoms with Gasteiger partial charge >= 0.3 is 0 Å². The van der Waals surface area contributed by atoms with Crippen molar-refractivity contribution in [3.05, 3.63) is 57.7 Å². The highest BCUT2D eigenvalue weighted by Crippen LogP contribution is 2.21. The summed E-state index contributed by atoms with van der Waals surface area (Å²) in [5.74, 6) is 0.486. The van der Waals surface area contributed by atoms with E-state index in [1.165, 1.54) is 6.20 Å². The monoisotopic (exact) mass is 282 g/mol. The molecule has 2 rings (SSSR count). The SMILES string of the molecule is NCc1cc(OCc2ccccc2Cl)ncc1Cl. The number of hydrogen-bond acceptors (Lipinski definition) is 3. The summed E-state index contributed by atoms with van der Waals surface area (Å²) in [6.07, 6.45) is 1.53. The van der Waals surface area contributed by atoms with Crippen molar-refractivity contribution in [1.29, 1.82) is 0 Å². The molecule has 0 aliphatic rings. The van der Waals surface area contributed by atoms with Crippen molar-refractivity contribution in [2.45, 2.75) is 13.2 Å². The van der Waals surface area contributed by atoms with E-state index >= 15 is 0 Å². The molecule has 0 fully saturated rings. The second-order valence-electron chi connectivity index (χ2n) is 3.70. The highest BCUT2D eigenvalue weighted by Gasteiger charge is 2.04. The summed E-state index contributed by atoms with van der Waals surface area (Å²) in [5.41, 5.74) is 7.28. The fourth-order valence-electron chi connectivity index (χ4n) is 1.46. The molecule has 0 saturated heterocycles. The van der Waals surface area contributed by atoms with Crippen LogP contribution in [0.15, 0.2) is 36.5 Å². The maximum atomic E-state index is 6.03. The van der Waals surface area contributed by atoms with Crippen LogP contribution in [-0.4, -0.2) is 4.98 Å². The molecular weight excluding hydrogens is 271 g/mol. The van der Waals surface area contributed by atoms with Gasteiger partial charge in [0.15, 0.2) is 0 Å². The lowest BCUT2D eigenvalue weighted by atomic mass is 10.2. The predicted octanol–water partition coefficient (Wildman–Crippen LogP) is 3.43. The molecule has 2 N–H and O–H groups in total. The lowest BCUT2D eigenvalue weighted by molar-refractivity contribution is 0.293. The fraction of sp³-hybridized carbons (Fsp3) is 0.154. The van der Waals surface area contributed by atoms with Gasteiger partial charge in [0.1, 0.15) is 6.61 Å². The Hall–Kier alpha value is -1.29. The number of halogens is 2. The Morgan fingerprint density at radius 3 is 2.61 bits per heavy atom. The van der Waals surface area contributed by atoms with Crippen molar-refractivity contribution in [1.82, 2.24) is 4.98 Å². The van der Waals surface area contributed by atoms with E-state index in [0.717, 1.165) is 11.1 Å². The number of rotatable bonds is 4. The van der Waals surface area contributed by atoms with E-state index in [9.17, 15) is 0 Å². The Balaban J connectivity index is 2.09. The lowest BCUT2D eigenvalue weighted by Gasteiger charge is -2.08. The number of hydrogen-bond donors (Lipinski definition) is 1. The zero-order valence-corrected chi connectivity index (χ0v) is 11.1. The number of aromatic nitrogens is 1. The Bertz CT molecular complexity index is 546. The van der Waals surface area contributed by atoms with Crippen molar-refractivity contribution >= 4 is 23.2 Å². The van der Waals surface area contributed by atoms with Gasteiger partial charge in [0.25, 0.3) is 0 Å². The first-order chi connectivity index (χ1) is 8.70. The largest absolute Gasteiger partial charge is 0.473 e. The molecule has 0 spiro atoms. The molecule has 0 saturated carbocycles. The molecular formula is C13H12Cl2N2O. The van der Waals surface area contributed by atoms with Crippen LogP contribution in [0, 0.1) is 0 Å². The summed E-state index contributed by atoms with van der Waals surface area (Å²) in [6.45, 7) is 0.710. The van der Waals surface area contributed by atoms with Crippen molar-refractivity contribution in [3.63, 3.8) is 0 Å². The minimum Gasteiger partial charge on any atom is -0.473 e. The number of ether oxygens (including phenoxy) is 1. The maximum absolute atomic E-state index is 6.03. The summed E-state index contributed by atoms with van der Waals surface area (Å²) in [4.78, 5) is 4.08. The Labute approximate surface area is 115 Å². The van der Waals surface area contributed by atoms with E-state index < -0.39 is 0 Å². The first-order valence-electron chi connectivity index (χ1n) is 5.41. The van der Waals surface area contributed by atoms with Crippen LogP contribution in [0.5, 0.6) is 5.88 Å². The van der Waals surface area contributed by atoms with Crippen LogP contribution in [-0.2, 0) is 13.2 Å². The molecule has 94 valence electrons. The van der Waals surface area contributed by atoms with E-state index in [2.05, 4.69) is 4.98 Å². The first kappa shape index (κ1) is 13.1. The van der Waals surface area contributed by atoms with Crippen LogP contribution in [0.4, 0.5) is 0 Å². The maximum Gasteiger partial charge on any atom is 0.213 e. The zero-order valence-electron chi connectivity index (χ0n) is 9.57. The third-order valence-electron chi connectivity index (χ3n) is 2.46. The quantitative estimate of drug-likeness (QED) is 0.935. The summed E-state index contributed by atoms with van der Waals surface area (Å²) >= 11 is 12.0. The van der Waals surface area contributed by atoms with Crippen LogP contribution < -0.4 is 10.5 Å². The molecule has 0 bridgehead atoms. The molecule has 1 aromatic carbocycles. The molecule has 1 aromatic heterocycles. The molecule has 0 amide bonds. The predicted molar refractivity (Wildman–Crippen MR) is 72.9 cm³/mol. The van der Waals surface area contributed by atoms with Gasteiger partial charge in [-0.15, -0.1) is 0 Å². The van der Waals surface area contributed by atoms with Crippen LogP contribution >= 0.6 is 23.2 Å². The third kappa shape index (κ3) is 3.13. The second-order valence-corrected chi connectivity index (χ2v) is 4.51. The molecule has 1 heterocycles. The third-order valence-corrected chi connectivity index (χ3v) is 3.17. The minimum absolute atomic E-state index is 0.351. The Morgan fingerprint density at radius 1 is 1.11 bits per heavy atom. The smallest absolute Gasteiger partial charge is 0.213 e. The van der Waals surface area contributed by atoms with Gasteiger partial charge in [-0.1, -0.05) is 41.4 Å². The lowest BCUT2D eigenvalue weighted by Crippen LogP contribution is -2.02. The van der Waals surface area contributed by atoms with Gasteiger partial charge in [-0.25, -0.2) is 4.98 Å². The molecule has 0 radical (unpaired) electrons. The summed E-state index contributed by atoms with van der Waals surface area (Å²) < 4.78 is 5.56. The number of benzene rings is 1. The minimum atomic E-state index is 0.351. The fourth-order valence-corrected chi connectivity index (χ4v) is 1.83. The average Bonchev–Trinajstić information content (AvgIpc) is 2.39. The molecule has 2 aromatic rings. The number of nitrogens with zero attached hydrogens (tertiary/aromatic N) is 1. The standard InChI is InChI=1S/C13H12Cl2N2O/c14-11-4-2-1-3-9(11)8-18-13-5-10(6-16)12(15)7-17-13/h1-5,7H,6,8,16H2. The van der Waals surface area contributed by atoms with Gasteiger partial charge in [0.05, 0.1) is 5.02 Å². The van der Waals surface area contributed by atoms with Crippen molar-refractivity contribution in [3.8, 4) is 5.88 Å². The van der Waals surface area contributed by atoms with E-state index in [0.29, 0.717) is 29.1 Å². The molecule has 5 heteroatoms. The van der Waals surface area contributed by atoms with E-state index in [1.54, 1.807) is 6.07 Å². The van der Waals surface area contributed by atoms with Gasteiger partial charge < -0.3 is 10.5 Å². The van der Waals surface area contributed by atoms with Crippen LogP contribution in [0.3, 0.4) is 0 Å². The van der Waals surface area contributed by atoms with Crippen molar-refractivity contribution < 1.29 is 4.74 Å². The summed E-state index contributed by atoms with van der Waals surface area (Å²) in [5, 5.41) is 1.22. The summed E-state index contributed by atoms with van der Waals surface area (Å²) in [6, 6.07) is 9.24. The van der Waals surface area contributed by atoms with Gasteiger partial charge in [0, 0.05) is 29.4 Å². The van der Waals surface area contributed by atoms with Crippen LogP contribution in [0.25, 0.3) is 0 Å². The zero-order chi connectivity index (χ0) is 13.0. The average molecular weight is 283 g/mol. The van der Waals surface area contributed by atoms with Gasteiger partial charge in [-0.3, -0.25) is 0 Å². The molecule has 18 heavy (non-hydrogen) atoms. The topological polar surface area (TPSA) is 48.1 Å². The second kappa shape index (κ2) is 6.05. The van der Waals surface area contributed by atoms with Gasteiger partial charge in [-0.2, -0.15) is 0 Å². The molecule has 0 unspecified atom stereocenters. The highest BCUT2D eigenvalue weighted by atomic mass is 35.5. The van der Waals surface area contributed by atoms with Gasteiger partial charge in [-0.05, 0) is 11.6 Å². The Morgan fingerprint density at radius 2 is 1.89 bits per heavy atom. The van der Waals surface area contributed by atoms with Gasteiger partial charge in [0.2, 0.25) is 5.88 Å². The molecule has 0 aliphatic heterocycles. The van der Waals surface area contributed by atoms with Crippen LogP contribution in [0.2, 0.25) is 10.0 Å².